The van der Waals surface area contributed by atoms with E-state index in [1.165, 1.54) is 0 Å². The number of aromatic amines is 2. The number of aromatic nitrogens is 8. The summed E-state index contributed by atoms with van der Waals surface area (Å²) in [7, 11) is 0. The Kier molecular flexibility index (Phi) is 6.01. The van der Waals surface area contributed by atoms with Crippen molar-refractivity contribution in [3.8, 4) is 0 Å². The molecule has 0 aliphatic heterocycles. The zero-order chi connectivity index (χ0) is 8.81. The molecular formula is C2H6CaN10. The summed E-state index contributed by atoms with van der Waals surface area (Å²) in [5.74, 6) is 0.352. The van der Waals surface area contributed by atoms with E-state index in [4.69, 9.17) is 11.5 Å². The maximum absolute atomic E-state index is 4.96. The van der Waals surface area contributed by atoms with E-state index in [0.29, 0.717) is 0 Å². The first-order valence-corrected chi connectivity index (χ1v) is 2.77. The smallest absolute Gasteiger partial charge is 0.260 e. The van der Waals surface area contributed by atoms with Gasteiger partial charge in [0.15, 0.2) is 0 Å². The Morgan fingerprint density at radius 3 is 1.31 bits per heavy atom. The second-order valence-electron chi connectivity index (χ2n) is 1.54. The maximum atomic E-state index is 4.96. The number of H-pyrrole nitrogens is 2. The molecule has 0 aromatic carbocycles. The van der Waals surface area contributed by atoms with Gasteiger partial charge in [0.25, 0.3) is 11.9 Å². The molecule has 0 saturated carbocycles. The Hall–Kier alpha value is -1.00. The normalized spacial score (nSPS) is 8.00. The van der Waals surface area contributed by atoms with E-state index in [1.54, 1.807) is 0 Å². The minimum absolute atomic E-state index is 0. The molecule has 0 atom stereocenters. The molecule has 0 aliphatic carbocycles. The Labute approximate surface area is 102 Å². The van der Waals surface area contributed by atoms with Crippen LogP contribution < -0.4 is 11.5 Å². The van der Waals surface area contributed by atoms with Gasteiger partial charge in [-0.1, -0.05) is 10.2 Å². The zero-order valence-electron chi connectivity index (χ0n) is 6.55. The zero-order valence-corrected chi connectivity index (χ0v) is 8.75. The SMILES string of the molecule is Nc1nn[nH]n1.Nc1nn[nH]n1.[Ca]. The largest absolute Gasteiger partial charge is 0.365 e. The van der Waals surface area contributed by atoms with Crippen molar-refractivity contribution >= 4 is 49.6 Å². The molecule has 0 fully saturated rings. The molecule has 6 N–H and O–H groups in total. The molecule has 0 saturated heterocycles. The summed E-state index contributed by atoms with van der Waals surface area (Å²) in [5, 5.41) is 24.1. The van der Waals surface area contributed by atoms with E-state index in [2.05, 4.69) is 41.2 Å². The summed E-state index contributed by atoms with van der Waals surface area (Å²) in [6.45, 7) is 0. The summed E-state index contributed by atoms with van der Waals surface area (Å²) < 4.78 is 0. The number of nitrogens with one attached hydrogen (secondary N) is 2. The molecule has 66 valence electrons. The van der Waals surface area contributed by atoms with Crippen LogP contribution in [0.25, 0.3) is 0 Å². The maximum Gasteiger partial charge on any atom is 0.260 e. The summed E-state index contributed by atoms with van der Waals surface area (Å²) in [6.07, 6.45) is 0. The molecule has 11 heteroatoms. The molecule has 0 unspecified atom stereocenters. The average molecular weight is 210 g/mol. The number of nitrogens with two attached hydrogens (primary N) is 2. The Balaban J connectivity index is 0.000000206. The summed E-state index contributed by atoms with van der Waals surface area (Å²) in [4.78, 5) is 0. The van der Waals surface area contributed by atoms with Crippen LogP contribution >= 0.6 is 0 Å². The second kappa shape index (κ2) is 6.51. The van der Waals surface area contributed by atoms with Crippen molar-refractivity contribution in [3.63, 3.8) is 0 Å². The third-order valence-corrected chi connectivity index (χ3v) is 0.723. The number of nitrogens with zero attached hydrogens (tertiary/aromatic N) is 6. The van der Waals surface area contributed by atoms with Crippen LogP contribution in [0.3, 0.4) is 0 Å². The first-order valence-electron chi connectivity index (χ1n) is 2.77. The molecule has 2 heterocycles. The van der Waals surface area contributed by atoms with E-state index < -0.39 is 0 Å². The molecule has 2 rings (SSSR count). The van der Waals surface area contributed by atoms with E-state index in [1.807, 2.05) is 0 Å². The molecule has 13 heavy (non-hydrogen) atoms. The van der Waals surface area contributed by atoms with Crippen LogP contribution in [-0.4, -0.2) is 79.0 Å². The fraction of sp³-hybridized carbons (Fsp3) is 0. The summed E-state index contributed by atoms with van der Waals surface area (Å²) in [5.41, 5.74) is 9.92. The van der Waals surface area contributed by atoms with Crippen LogP contribution in [0.1, 0.15) is 0 Å². The molecule has 2 aromatic heterocycles. The molecule has 0 aliphatic rings. The molecule has 2 radical (unpaired) electrons. The van der Waals surface area contributed by atoms with Gasteiger partial charge in [0, 0.05) is 37.7 Å². The van der Waals surface area contributed by atoms with Crippen molar-refractivity contribution in [2.24, 2.45) is 0 Å². The van der Waals surface area contributed by atoms with Gasteiger partial charge in [0.05, 0.1) is 0 Å². The number of nitrogen functional groups attached to an aromatic ring is 2. The van der Waals surface area contributed by atoms with E-state index in [9.17, 15) is 0 Å². The number of rotatable bonds is 0. The van der Waals surface area contributed by atoms with Crippen molar-refractivity contribution in [1.82, 2.24) is 41.2 Å². The van der Waals surface area contributed by atoms with Gasteiger partial charge < -0.3 is 11.5 Å². The van der Waals surface area contributed by atoms with Crippen LogP contribution in [0, 0.1) is 0 Å². The van der Waals surface area contributed by atoms with Gasteiger partial charge in [-0.2, -0.15) is 10.4 Å². The minimum atomic E-state index is 0. The van der Waals surface area contributed by atoms with Crippen LogP contribution in [0.2, 0.25) is 0 Å². The molecule has 0 amide bonds. The summed E-state index contributed by atoms with van der Waals surface area (Å²) in [6, 6.07) is 0. The standard InChI is InChI=1S/2CH3N5.Ca/c2*2-1-3-5-6-4-1;/h2*(H3,2,3,4,5,6);. The van der Waals surface area contributed by atoms with E-state index in [0.717, 1.165) is 0 Å². The average Bonchev–Trinajstić information content (AvgIpc) is 2.63. The first kappa shape index (κ1) is 12.0. The van der Waals surface area contributed by atoms with Crippen LogP contribution in [0.4, 0.5) is 11.9 Å². The second-order valence-corrected chi connectivity index (χ2v) is 1.54. The quantitative estimate of drug-likeness (QED) is 0.338. The molecule has 2 aromatic rings. The first-order chi connectivity index (χ1) is 5.79. The van der Waals surface area contributed by atoms with Crippen LogP contribution in [0.15, 0.2) is 0 Å². The van der Waals surface area contributed by atoms with Crippen LogP contribution in [-0.2, 0) is 0 Å². The fourth-order valence-corrected chi connectivity index (χ4v) is 0.339. The van der Waals surface area contributed by atoms with Gasteiger partial charge >= 0.3 is 0 Å². The van der Waals surface area contributed by atoms with Crippen molar-refractivity contribution in [1.29, 1.82) is 0 Å². The van der Waals surface area contributed by atoms with Crippen molar-refractivity contribution in [3.05, 3.63) is 0 Å². The predicted octanol–water partition coefficient (Wildman–Crippen LogP) is -2.82. The van der Waals surface area contributed by atoms with Gasteiger partial charge in [0.1, 0.15) is 0 Å². The third kappa shape index (κ3) is 5.27. The van der Waals surface area contributed by atoms with Crippen molar-refractivity contribution < 1.29 is 0 Å². The van der Waals surface area contributed by atoms with Gasteiger partial charge in [-0.05, 0) is 10.4 Å². The van der Waals surface area contributed by atoms with Gasteiger partial charge in [-0.15, -0.1) is 10.2 Å². The monoisotopic (exact) mass is 210 g/mol. The van der Waals surface area contributed by atoms with Gasteiger partial charge in [-0.25, -0.2) is 0 Å². The number of hydrogen-bond acceptors (Lipinski definition) is 8. The van der Waals surface area contributed by atoms with Crippen molar-refractivity contribution in [2.45, 2.75) is 0 Å². The number of tetrazole rings is 2. The Bertz CT molecular complexity index is 252. The third-order valence-electron chi connectivity index (χ3n) is 0.723. The van der Waals surface area contributed by atoms with Gasteiger partial charge in [0.2, 0.25) is 0 Å². The minimum Gasteiger partial charge on any atom is -0.365 e. The van der Waals surface area contributed by atoms with E-state index in [-0.39, 0.29) is 49.6 Å². The van der Waals surface area contributed by atoms with Crippen LogP contribution in [0.5, 0.6) is 0 Å². The molecule has 10 nitrogen and oxygen atoms in total. The summed E-state index contributed by atoms with van der Waals surface area (Å²) >= 11 is 0. The topological polar surface area (TPSA) is 161 Å². The Morgan fingerprint density at radius 1 is 0.846 bits per heavy atom. The predicted molar refractivity (Wildman–Crippen MR) is 42.9 cm³/mol. The van der Waals surface area contributed by atoms with Gasteiger partial charge in [-0.3, -0.25) is 0 Å². The molecule has 0 bridgehead atoms. The van der Waals surface area contributed by atoms with E-state index >= 15 is 0 Å². The fourth-order valence-electron chi connectivity index (χ4n) is 0.339. The van der Waals surface area contributed by atoms with Crippen molar-refractivity contribution in [2.75, 3.05) is 11.5 Å². The number of hydrogen-bond donors (Lipinski definition) is 4. The molecular weight excluding hydrogens is 204 g/mol. The molecule has 0 spiro atoms. The number of anilines is 2. The Morgan fingerprint density at radius 2 is 1.23 bits per heavy atom.